The molecule has 38 heavy (non-hydrogen) atoms. The van der Waals surface area contributed by atoms with Crippen LogP contribution < -0.4 is 21.7 Å². The van der Waals surface area contributed by atoms with Gasteiger partial charge < -0.3 is 26.6 Å². The number of nitrogens with one attached hydrogen (secondary N) is 3. The van der Waals surface area contributed by atoms with Crippen LogP contribution in [0.1, 0.15) is 55.4 Å². The SMILES string of the molecule is C=C1C(CC)=C(C)CN1CCNCCNC(=O)C(/C=C(\N)C(=O)Nc1c2c(cc3c1CCC3)CCC2)=NC. The van der Waals surface area contributed by atoms with E-state index < -0.39 is 5.91 Å². The van der Waals surface area contributed by atoms with Gasteiger partial charge in [0.05, 0.1) is 5.70 Å². The highest BCUT2D eigenvalue weighted by Gasteiger charge is 2.25. The van der Waals surface area contributed by atoms with E-state index in [4.69, 9.17) is 5.73 Å². The fraction of sp³-hybridized carbons (Fsp3) is 0.500. The lowest BCUT2D eigenvalue weighted by molar-refractivity contribution is -0.114. The van der Waals surface area contributed by atoms with Crippen molar-refractivity contribution in [2.75, 3.05) is 45.1 Å². The number of amides is 2. The van der Waals surface area contributed by atoms with Gasteiger partial charge in [0.25, 0.3) is 11.8 Å². The summed E-state index contributed by atoms with van der Waals surface area (Å²) in [4.78, 5) is 32.0. The van der Waals surface area contributed by atoms with Gasteiger partial charge in [0.1, 0.15) is 5.71 Å². The van der Waals surface area contributed by atoms with Crippen LogP contribution in [0, 0.1) is 0 Å². The summed E-state index contributed by atoms with van der Waals surface area (Å²) in [6.45, 7) is 12.2. The molecule has 204 valence electrons. The quantitative estimate of drug-likeness (QED) is 0.205. The first-order chi connectivity index (χ1) is 18.3. The highest BCUT2D eigenvalue weighted by Crippen LogP contribution is 2.38. The Morgan fingerprint density at radius 3 is 2.37 bits per heavy atom. The largest absolute Gasteiger partial charge is 0.394 e. The van der Waals surface area contributed by atoms with Crippen molar-refractivity contribution in [3.05, 3.63) is 63.5 Å². The van der Waals surface area contributed by atoms with Crippen LogP contribution >= 0.6 is 0 Å². The number of nitrogens with two attached hydrogens (primary N) is 1. The Kier molecular flexibility index (Phi) is 9.05. The number of hydrogen-bond acceptors (Lipinski definition) is 6. The first-order valence-electron chi connectivity index (χ1n) is 13.9. The van der Waals surface area contributed by atoms with Gasteiger partial charge in [-0.25, -0.2) is 0 Å². The first-order valence-corrected chi connectivity index (χ1v) is 13.9. The molecule has 8 nitrogen and oxygen atoms in total. The van der Waals surface area contributed by atoms with Crippen molar-refractivity contribution in [2.45, 2.75) is 58.8 Å². The Labute approximate surface area is 226 Å². The van der Waals surface area contributed by atoms with Gasteiger partial charge in [-0.3, -0.25) is 14.6 Å². The van der Waals surface area contributed by atoms with Crippen LogP contribution in [0.4, 0.5) is 5.69 Å². The van der Waals surface area contributed by atoms with Crippen LogP contribution in [-0.4, -0.2) is 62.2 Å². The fourth-order valence-corrected chi connectivity index (χ4v) is 5.93. The molecule has 0 unspecified atom stereocenters. The van der Waals surface area contributed by atoms with E-state index in [1.165, 1.54) is 46.5 Å². The zero-order chi connectivity index (χ0) is 27.2. The van der Waals surface area contributed by atoms with Gasteiger partial charge in [-0.2, -0.15) is 0 Å². The number of rotatable bonds is 11. The summed E-state index contributed by atoms with van der Waals surface area (Å²) in [5.41, 5.74) is 16.2. The van der Waals surface area contributed by atoms with Crippen molar-refractivity contribution in [2.24, 2.45) is 10.7 Å². The maximum atomic E-state index is 13.0. The number of hydrogen-bond donors (Lipinski definition) is 4. The Morgan fingerprint density at radius 2 is 1.76 bits per heavy atom. The number of aliphatic imine (C=N–C) groups is 1. The Hall–Kier alpha value is -3.39. The summed E-state index contributed by atoms with van der Waals surface area (Å²) < 4.78 is 0. The molecule has 5 N–H and O–H groups in total. The zero-order valence-corrected chi connectivity index (χ0v) is 23.1. The molecule has 0 radical (unpaired) electrons. The summed E-state index contributed by atoms with van der Waals surface area (Å²) in [7, 11) is 1.52. The molecule has 0 spiro atoms. The van der Waals surface area contributed by atoms with Crippen molar-refractivity contribution in [3.63, 3.8) is 0 Å². The minimum Gasteiger partial charge on any atom is -0.394 e. The van der Waals surface area contributed by atoms with Crippen molar-refractivity contribution in [3.8, 4) is 0 Å². The van der Waals surface area contributed by atoms with Crippen molar-refractivity contribution in [1.82, 2.24) is 15.5 Å². The Morgan fingerprint density at radius 1 is 1.08 bits per heavy atom. The normalized spacial score (nSPS) is 17.2. The predicted molar refractivity (Wildman–Crippen MR) is 154 cm³/mol. The molecule has 3 aliphatic rings. The van der Waals surface area contributed by atoms with Crippen LogP contribution in [0.3, 0.4) is 0 Å². The number of allylic oxidation sites excluding steroid dienone is 1. The molecule has 2 amide bonds. The molecule has 0 saturated heterocycles. The average Bonchev–Trinajstić information content (AvgIpc) is 3.63. The maximum Gasteiger partial charge on any atom is 0.271 e. The van der Waals surface area contributed by atoms with E-state index in [0.717, 1.165) is 76.0 Å². The van der Waals surface area contributed by atoms with Crippen LogP contribution in [0.2, 0.25) is 0 Å². The number of benzene rings is 1. The summed E-state index contributed by atoms with van der Waals surface area (Å²) in [6.07, 6.45) is 8.66. The summed E-state index contributed by atoms with van der Waals surface area (Å²) >= 11 is 0. The maximum absolute atomic E-state index is 13.0. The van der Waals surface area contributed by atoms with Crippen LogP contribution in [0.25, 0.3) is 0 Å². The molecule has 8 heteroatoms. The van der Waals surface area contributed by atoms with E-state index in [0.29, 0.717) is 13.1 Å². The zero-order valence-electron chi connectivity index (χ0n) is 23.1. The van der Waals surface area contributed by atoms with Crippen molar-refractivity contribution >= 4 is 23.2 Å². The smallest absolute Gasteiger partial charge is 0.271 e. The van der Waals surface area contributed by atoms with E-state index in [2.05, 4.69) is 52.3 Å². The van der Waals surface area contributed by atoms with Crippen LogP contribution in [0.5, 0.6) is 0 Å². The number of carbonyl (C=O) groups is 2. The molecule has 0 fully saturated rings. The van der Waals surface area contributed by atoms with Gasteiger partial charge in [0.2, 0.25) is 0 Å². The fourth-order valence-electron chi connectivity index (χ4n) is 5.93. The summed E-state index contributed by atoms with van der Waals surface area (Å²) in [5, 5.41) is 9.28. The van der Waals surface area contributed by atoms with Crippen molar-refractivity contribution < 1.29 is 9.59 Å². The molecule has 2 aliphatic carbocycles. The molecular weight excluding hydrogens is 476 g/mol. The van der Waals surface area contributed by atoms with Crippen LogP contribution in [0.15, 0.2) is 46.3 Å². The standard InChI is InChI=1S/C30H42N6O2/c1-5-23-19(2)18-36(20(23)3)15-14-33-12-13-34-30(38)27(32-4)17-26(31)29(37)35-28-24-10-6-8-21(24)16-22-9-7-11-25(22)28/h16-17,33H,3,5-15,18,31H2,1-2,4H3,(H,34,38)(H,35,37)/b26-17-,32-27?. The van der Waals surface area contributed by atoms with Crippen LogP contribution in [-0.2, 0) is 35.3 Å². The van der Waals surface area contributed by atoms with E-state index in [-0.39, 0.29) is 17.3 Å². The monoisotopic (exact) mass is 518 g/mol. The Balaban J connectivity index is 1.24. The predicted octanol–water partition coefficient (Wildman–Crippen LogP) is 2.78. The van der Waals surface area contributed by atoms with Gasteiger partial charge in [-0.05, 0) is 91.3 Å². The van der Waals surface area contributed by atoms with E-state index >= 15 is 0 Å². The summed E-state index contributed by atoms with van der Waals surface area (Å²) in [5.74, 6) is -0.749. The third kappa shape index (κ3) is 6.01. The third-order valence-electron chi connectivity index (χ3n) is 7.91. The lowest BCUT2D eigenvalue weighted by Crippen LogP contribution is -2.38. The molecule has 0 saturated carbocycles. The number of anilines is 1. The number of aryl methyl sites for hydroxylation is 2. The third-order valence-corrected chi connectivity index (χ3v) is 7.91. The van der Waals surface area contributed by atoms with Crippen molar-refractivity contribution in [1.29, 1.82) is 0 Å². The second-order valence-corrected chi connectivity index (χ2v) is 10.4. The lowest BCUT2D eigenvalue weighted by atomic mass is 9.98. The van der Waals surface area contributed by atoms with Gasteiger partial charge in [-0.15, -0.1) is 0 Å². The molecule has 1 heterocycles. The molecule has 1 aliphatic heterocycles. The molecule has 0 aromatic heterocycles. The molecule has 1 aromatic rings. The first kappa shape index (κ1) is 27.6. The van der Waals surface area contributed by atoms with E-state index in [1.807, 2.05) is 0 Å². The van der Waals surface area contributed by atoms with Gasteiger partial charge in [0.15, 0.2) is 0 Å². The second-order valence-electron chi connectivity index (χ2n) is 10.4. The van der Waals surface area contributed by atoms with E-state index in [9.17, 15) is 9.59 Å². The van der Waals surface area contributed by atoms with E-state index in [1.54, 1.807) is 0 Å². The summed E-state index contributed by atoms with van der Waals surface area (Å²) in [6, 6.07) is 2.32. The lowest BCUT2D eigenvalue weighted by Gasteiger charge is -2.21. The number of carbonyl (C=O) groups excluding carboxylic acids is 2. The number of fused-ring (bicyclic) bond motifs is 2. The Bertz CT molecular complexity index is 1180. The highest BCUT2D eigenvalue weighted by atomic mass is 16.2. The minimum absolute atomic E-state index is 0.0255. The van der Waals surface area contributed by atoms with Gasteiger partial charge in [-0.1, -0.05) is 19.6 Å². The molecular formula is C30H42N6O2. The molecule has 0 bridgehead atoms. The van der Waals surface area contributed by atoms with Gasteiger partial charge >= 0.3 is 0 Å². The molecule has 1 aromatic carbocycles. The second kappa shape index (κ2) is 12.4. The molecule has 4 rings (SSSR count). The minimum atomic E-state index is -0.394. The highest BCUT2D eigenvalue weighted by molar-refractivity contribution is 6.44. The van der Waals surface area contributed by atoms with Gasteiger partial charge in [0, 0.05) is 51.2 Å². The topological polar surface area (TPSA) is 112 Å². The average molecular weight is 519 g/mol. The number of nitrogens with zero attached hydrogens (tertiary/aromatic N) is 2. The molecule has 0 atom stereocenters.